The molecule has 2 rings (SSSR count). The SMILES string of the molecule is CCc1ccsc1C(N)Cc1cccnc1. The van der Waals surface area contributed by atoms with Crippen LogP contribution in [0.4, 0.5) is 0 Å². The fourth-order valence-corrected chi connectivity index (χ4v) is 2.83. The van der Waals surface area contributed by atoms with Gasteiger partial charge in [0.25, 0.3) is 0 Å². The summed E-state index contributed by atoms with van der Waals surface area (Å²) in [5, 5.41) is 2.12. The van der Waals surface area contributed by atoms with Crippen LogP contribution in [-0.2, 0) is 12.8 Å². The second-order valence-electron chi connectivity index (χ2n) is 3.84. The predicted octanol–water partition coefficient (Wildman–Crippen LogP) is 2.95. The Labute approximate surface area is 100 Å². The van der Waals surface area contributed by atoms with Crippen molar-refractivity contribution in [2.45, 2.75) is 25.8 Å². The van der Waals surface area contributed by atoms with Crippen molar-refractivity contribution in [3.8, 4) is 0 Å². The maximum absolute atomic E-state index is 6.23. The highest BCUT2D eigenvalue weighted by atomic mass is 32.1. The lowest BCUT2D eigenvalue weighted by Crippen LogP contribution is -2.13. The Bertz CT molecular complexity index is 436. The summed E-state index contributed by atoms with van der Waals surface area (Å²) in [5.41, 5.74) is 8.81. The Morgan fingerprint density at radius 2 is 2.31 bits per heavy atom. The molecule has 2 N–H and O–H groups in total. The molecule has 1 atom stereocenters. The average molecular weight is 232 g/mol. The van der Waals surface area contributed by atoms with Gasteiger partial charge in [0, 0.05) is 23.3 Å². The van der Waals surface area contributed by atoms with Crippen LogP contribution >= 0.6 is 11.3 Å². The largest absolute Gasteiger partial charge is 0.323 e. The van der Waals surface area contributed by atoms with Gasteiger partial charge in [0.2, 0.25) is 0 Å². The zero-order valence-corrected chi connectivity index (χ0v) is 10.2. The third-order valence-corrected chi connectivity index (χ3v) is 3.77. The molecule has 2 aromatic heterocycles. The normalized spacial score (nSPS) is 12.6. The topological polar surface area (TPSA) is 38.9 Å². The molecule has 1 unspecified atom stereocenters. The fraction of sp³-hybridized carbons (Fsp3) is 0.308. The molecular formula is C13H16N2S. The molecular weight excluding hydrogens is 216 g/mol. The molecule has 0 bridgehead atoms. The van der Waals surface area contributed by atoms with Gasteiger partial charge < -0.3 is 5.73 Å². The summed E-state index contributed by atoms with van der Waals surface area (Å²) >= 11 is 1.76. The number of thiophene rings is 1. The van der Waals surface area contributed by atoms with Gasteiger partial charge in [-0.2, -0.15) is 0 Å². The third-order valence-electron chi connectivity index (χ3n) is 2.68. The van der Waals surface area contributed by atoms with Crippen molar-refractivity contribution in [3.05, 3.63) is 52.0 Å². The molecule has 2 heterocycles. The van der Waals surface area contributed by atoms with E-state index in [2.05, 4.69) is 29.4 Å². The molecule has 84 valence electrons. The van der Waals surface area contributed by atoms with Gasteiger partial charge in [-0.15, -0.1) is 11.3 Å². The van der Waals surface area contributed by atoms with Gasteiger partial charge in [0.1, 0.15) is 0 Å². The number of aromatic nitrogens is 1. The van der Waals surface area contributed by atoms with Crippen molar-refractivity contribution >= 4 is 11.3 Å². The van der Waals surface area contributed by atoms with Crippen LogP contribution in [0.25, 0.3) is 0 Å². The van der Waals surface area contributed by atoms with E-state index in [1.807, 2.05) is 12.3 Å². The van der Waals surface area contributed by atoms with E-state index in [9.17, 15) is 0 Å². The molecule has 0 aliphatic rings. The molecule has 0 amide bonds. The van der Waals surface area contributed by atoms with Gasteiger partial charge in [0.15, 0.2) is 0 Å². The van der Waals surface area contributed by atoms with Crippen LogP contribution in [0.2, 0.25) is 0 Å². The fourth-order valence-electron chi connectivity index (χ4n) is 1.83. The maximum Gasteiger partial charge on any atom is 0.0433 e. The van der Waals surface area contributed by atoms with Gasteiger partial charge >= 0.3 is 0 Å². The molecule has 0 radical (unpaired) electrons. The zero-order valence-electron chi connectivity index (χ0n) is 9.39. The van der Waals surface area contributed by atoms with Gasteiger partial charge in [-0.25, -0.2) is 0 Å². The van der Waals surface area contributed by atoms with Crippen LogP contribution in [0, 0.1) is 0 Å². The quantitative estimate of drug-likeness (QED) is 0.880. The Morgan fingerprint density at radius 3 is 3.00 bits per heavy atom. The lowest BCUT2D eigenvalue weighted by atomic mass is 10.0. The molecule has 0 spiro atoms. The van der Waals surface area contributed by atoms with E-state index in [0.29, 0.717) is 0 Å². The van der Waals surface area contributed by atoms with Gasteiger partial charge in [-0.3, -0.25) is 4.98 Å². The Hall–Kier alpha value is -1.19. The molecule has 0 aliphatic carbocycles. The van der Waals surface area contributed by atoms with E-state index >= 15 is 0 Å². The van der Waals surface area contributed by atoms with E-state index in [0.717, 1.165) is 12.8 Å². The van der Waals surface area contributed by atoms with Crippen molar-refractivity contribution in [2.75, 3.05) is 0 Å². The first-order chi connectivity index (χ1) is 7.81. The zero-order chi connectivity index (χ0) is 11.4. The molecule has 0 saturated carbocycles. The summed E-state index contributed by atoms with van der Waals surface area (Å²) in [6.45, 7) is 2.17. The monoisotopic (exact) mass is 232 g/mol. The number of nitrogens with zero attached hydrogens (tertiary/aromatic N) is 1. The van der Waals surface area contributed by atoms with Gasteiger partial charge in [-0.1, -0.05) is 13.0 Å². The predicted molar refractivity (Wildman–Crippen MR) is 68.6 cm³/mol. The summed E-state index contributed by atoms with van der Waals surface area (Å²) in [6.07, 6.45) is 5.59. The van der Waals surface area contributed by atoms with Crippen LogP contribution in [0.1, 0.15) is 29.0 Å². The second-order valence-corrected chi connectivity index (χ2v) is 4.78. The van der Waals surface area contributed by atoms with Crippen molar-refractivity contribution in [1.29, 1.82) is 0 Å². The van der Waals surface area contributed by atoms with Crippen molar-refractivity contribution in [2.24, 2.45) is 5.73 Å². The summed E-state index contributed by atoms with van der Waals surface area (Å²) < 4.78 is 0. The molecule has 2 aromatic rings. The molecule has 0 aliphatic heterocycles. The van der Waals surface area contributed by atoms with E-state index in [-0.39, 0.29) is 6.04 Å². The van der Waals surface area contributed by atoms with Crippen LogP contribution < -0.4 is 5.73 Å². The molecule has 2 nitrogen and oxygen atoms in total. The smallest absolute Gasteiger partial charge is 0.0433 e. The highest BCUT2D eigenvalue weighted by Gasteiger charge is 2.12. The standard InChI is InChI=1S/C13H16N2S/c1-2-11-5-7-16-13(11)12(14)8-10-4-3-6-15-9-10/h3-7,9,12H,2,8,14H2,1H3. The van der Waals surface area contributed by atoms with E-state index in [1.165, 1.54) is 16.0 Å². The minimum absolute atomic E-state index is 0.0964. The van der Waals surface area contributed by atoms with Gasteiger partial charge in [-0.05, 0) is 41.5 Å². The lowest BCUT2D eigenvalue weighted by molar-refractivity contribution is 0.725. The second kappa shape index (κ2) is 5.23. The summed E-state index contributed by atoms with van der Waals surface area (Å²) in [7, 11) is 0. The number of nitrogens with two attached hydrogens (primary N) is 1. The van der Waals surface area contributed by atoms with Crippen LogP contribution in [-0.4, -0.2) is 4.98 Å². The van der Waals surface area contributed by atoms with Crippen LogP contribution in [0.15, 0.2) is 36.0 Å². The van der Waals surface area contributed by atoms with Crippen molar-refractivity contribution < 1.29 is 0 Å². The van der Waals surface area contributed by atoms with Crippen molar-refractivity contribution in [1.82, 2.24) is 4.98 Å². The first kappa shape index (κ1) is 11.3. The minimum atomic E-state index is 0.0964. The van der Waals surface area contributed by atoms with E-state index in [4.69, 9.17) is 5.73 Å². The summed E-state index contributed by atoms with van der Waals surface area (Å²) in [6, 6.07) is 6.30. The van der Waals surface area contributed by atoms with Crippen molar-refractivity contribution in [3.63, 3.8) is 0 Å². The minimum Gasteiger partial charge on any atom is -0.323 e. The third kappa shape index (κ3) is 2.49. The number of aryl methyl sites for hydroxylation is 1. The highest BCUT2D eigenvalue weighted by Crippen LogP contribution is 2.25. The number of hydrogen-bond acceptors (Lipinski definition) is 3. The Balaban J connectivity index is 2.11. The molecule has 0 saturated heterocycles. The van der Waals surface area contributed by atoms with E-state index < -0.39 is 0 Å². The van der Waals surface area contributed by atoms with Gasteiger partial charge in [0.05, 0.1) is 0 Å². The Kier molecular flexibility index (Phi) is 3.70. The molecule has 0 fully saturated rings. The average Bonchev–Trinajstić information content (AvgIpc) is 2.78. The van der Waals surface area contributed by atoms with E-state index in [1.54, 1.807) is 17.5 Å². The highest BCUT2D eigenvalue weighted by molar-refractivity contribution is 7.10. The molecule has 0 aromatic carbocycles. The van der Waals surface area contributed by atoms with Crippen LogP contribution in [0.3, 0.4) is 0 Å². The number of hydrogen-bond donors (Lipinski definition) is 1. The summed E-state index contributed by atoms with van der Waals surface area (Å²) in [5.74, 6) is 0. The summed E-state index contributed by atoms with van der Waals surface area (Å²) in [4.78, 5) is 5.42. The number of rotatable bonds is 4. The lowest BCUT2D eigenvalue weighted by Gasteiger charge is -2.11. The number of pyridine rings is 1. The van der Waals surface area contributed by atoms with Crippen LogP contribution in [0.5, 0.6) is 0 Å². The molecule has 16 heavy (non-hydrogen) atoms. The maximum atomic E-state index is 6.23. The molecule has 3 heteroatoms. The Morgan fingerprint density at radius 1 is 1.44 bits per heavy atom. The first-order valence-electron chi connectivity index (χ1n) is 5.52. The first-order valence-corrected chi connectivity index (χ1v) is 6.40.